The van der Waals surface area contributed by atoms with E-state index < -0.39 is 0 Å². The maximum Gasteiger partial charge on any atom is 0.135 e. The van der Waals surface area contributed by atoms with Crippen molar-refractivity contribution in [1.29, 1.82) is 0 Å². The average molecular weight is 967 g/mol. The number of fused-ring (bicyclic) bond motifs is 7. The molecule has 3 nitrogen and oxygen atoms in total. The number of para-hydroxylation sites is 5. The van der Waals surface area contributed by atoms with Gasteiger partial charge in [-0.1, -0.05) is 217 Å². The zero-order valence-electron chi connectivity index (χ0n) is 43.4. The van der Waals surface area contributed by atoms with Crippen molar-refractivity contribution < 1.29 is 4.42 Å². The van der Waals surface area contributed by atoms with Crippen LogP contribution in [0.25, 0.3) is 105 Å². The minimum Gasteiger partial charge on any atom is -0.456 e. The number of furan rings is 1. The van der Waals surface area contributed by atoms with E-state index in [1.165, 1.54) is 66.0 Å². The number of hydrogen-bond donors (Lipinski definition) is 0. The van der Waals surface area contributed by atoms with E-state index in [-0.39, 0.29) is 10.8 Å². The van der Waals surface area contributed by atoms with Crippen molar-refractivity contribution in [3.8, 4) is 50.2 Å². The molecule has 2 aromatic heterocycles. The largest absolute Gasteiger partial charge is 0.456 e. The first kappa shape index (κ1) is 45.9. The molecule has 13 aromatic rings. The Hall–Kier alpha value is -8.92. The maximum atomic E-state index is 6.37. The van der Waals surface area contributed by atoms with Crippen molar-refractivity contribution in [3.05, 3.63) is 254 Å². The molecule has 0 unspecified atom stereocenters. The fraction of sp³-hybridized carbons (Fsp3) is 0.111. The summed E-state index contributed by atoms with van der Waals surface area (Å²) >= 11 is 0. The Kier molecular flexibility index (Phi) is 11.0. The summed E-state index contributed by atoms with van der Waals surface area (Å²) in [5, 5.41) is 7.11. The normalized spacial score (nSPS) is 12.1. The van der Waals surface area contributed by atoms with Gasteiger partial charge in [0.05, 0.1) is 22.4 Å². The van der Waals surface area contributed by atoms with Gasteiger partial charge in [-0.25, -0.2) is 0 Å². The molecule has 0 atom stereocenters. The van der Waals surface area contributed by atoms with Crippen LogP contribution in [-0.4, -0.2) is 4.57 Å². The van der Waals surface area contributed by atoms with E-state index in [0.29, 0.717) is 0 Å². The van der Waals surface area contributed by atoms with Gasteiger partial charge in [0.25, 0.3) is 0 Å². The lowest BCUT2D eigenvalue weighted by Crippen LogP contribution is -2.16. The highest BCUT2D eigenvalue weighted by molar-refractivity contribution is 6.16. The van der Waals surface area contributed by atoms with Crippen molar-refractivity contribution in [2.24, 2.45) is 0 Å². The lowest BCUT2D eigenvalue weighted by molar-refractivity contribution is 0.569. The molecule has 75 heavy (non-hydrogen) atoms. The Labute approximate surface area is 439 Å². The smallest absolute Gasteiger partial charge is 0.135 e. The van der Waals surface area contributed by atoms with Crippen LogP contribution in [0, 0.1) is 0 Å². The molecular weight excluding hydrogens is 909 g/mol. The number of hydrogen-bond acceptors (Lipinski definition) is 2. The lowest BCUT2D eigenvalue weighted by atomic mass is 9.78. The second kappa shape index (κ2) is 17.9. The Morgan fingerprint density at radius 3 is 1.64 bits per heavy atom. The summed E-state index contributed by atoms with van der Waals surface area (Å²) in [6, 6.07) is 89.2. The van der Waals surface area contributed by atoms with E-state index in [1.807, 2.05) is 6.07 Å². The fourth-order valence-corrected chi connectivity index (χ4v) is 11.5. The zero-order valence-corrected chi connectivity index (χ0v) is 43.4. The van der Waals surface area contributed by atoms with Gasteiger partial charge in [-0.15, -0.1) is 0 Å². The molecule has 2 heterocycles. The topological polar surface area (TPSA) is 21.3 Å². The highest BCUT2D eigenvalue weighted by Crippen LogP contribution is 2.49. The molecule has 0 radical (unpaired) electrons. The Morgan fingerprint density at radius 1 is 0.347 bits per heavy atom. The molecule has 0 aliphatic rings. The van der Waals surface area contributed by atoms with E-state index in [2.05, 4.69) is 288 Å². The predicted molar refractivity (Wildman–Crippen MR) is 319 cm³/mol. The quantitative estimate of drug-likeness (QED) is 0.151. The zero-order chi connectivity index (χ0) is 51.0. The van der Waals surface area contributed by atoms with Gasteiger partial charge in [0.1, 0.15) is 11.2 Å². The number of nitrogens with zero attached hydrogens (tertiary/aromatic N) is 2. The van der Waals surface area contributed by atoms with Crippen molar-refractivity contribution in [2.45, 2.75) is 52.4 Å². The molecule has 0 aliphatic heterocycles. The van der Waals surface area contributed by atoms with Gasteiger partial charge in [0.15, 0.2) is 0 Å². The number of benzene rings is 11. The van der Waals surface area contributed by atoms with E-state index >= 15 is 0 Å². The Bertz CT molecular complexity index is 4290. The van der Waals surface area contributed by atoms with Crippen molar-refractivity contribution >= 4 is 71.6 Å². The summed E-state index contributed by atoms with van der Waals surface area (Å²) in [7, 11) is 0. The van der Waals surface area contributed by atoms with Gasteiger partial charge >= 0.3 is 0 Å². The molecule has 0 aliphatic carbocycles. The van der Waals surface area contributed by atoms with Crippen LogP contribution >= 0.6 is 0 Å². The van der Waals surface area contributed by atoms with Crippen LogP contribution in [0.4, 0.5) is 17.1 Å². The number of rotatable bonds is 8. The van der Waals surface area contributed by atoms with Crippen LogP contribution in [0.15, 0.2) is 247 Å². The first-order valence-corrected chi connectivity index (χ1v) is 26.2. The average Bonchev–Trinajstić information content (AvgIpc) is 3.99. The van der Waals surface area contributed by atoms with Crippen molar-refractivity contribution in [3.63, 3.8) is 0 Å². The van der Waals surface area contributed by atoms with Crippen LogP contribution in [0.1, 0.15) is 52.7 Å². The van der Waals surface area contributed by atoms with Gasteiger partial charge in [0.2, 0.25) is 0 Å². The predicted octanol–water partition coefficient (Wildman–Crippen LogP) is 20.6. The molecule has 13 rings (SSSR count). The summed E-state index contributed by atoms with van der Waals surface area (Å²) in [6.45, 7) is 13.9. The van der Waals surface area contributed by atoms with Gasteiger partial charge in [0, 0.05) is 44.0 Å². The second-order valence-corrected chi connectivity index (χ2v) is 22.1. The fourth-order valence-electron chi connectivity index (χ4n) is 11.5. The van der Waals surface area contributed by atoms with Gasteiger partial charge in [-0.05, 0) is 133 Å². The molecule has 0 spiro atoms. The molecular formula is C72H58N2O. The molecule has 0 fully saturated rings. The third-order valence-corrected chi connectivity index (χ3v) is 15.3. The molecule has 362 valence electrons. The Morgan fingerprint density at radius 2 is 0.893 bits per heavy atom. The summed E-state index contributed by atoms with van der Waals surface area (Å²) in [5.41, 5.74) is 20.4. The minimum absolute atomic E-state index is 0.0296. The first-order chi connectivity index (χ1) is 36.5. The second-order valence-electron chi connectivity index (χ2n) is 22.1. The first-order valence-electron chi connectivity index (χ1n) is 26.2. The van der Waals surface area contributed by atoms with Crippen LogP contribution in [0.5, 0.6) is 0 Å². The molecule has 0 saturated carbocycles. The molecule has 0 amide bonds. The number of aromatic nitrogens is 1. The molecule has 0 saturated heterocycles. The third-order valence-electron chi connectivity index (χ3n) is 15.3. The molecule has 0 bridgehead atoms. The minimum atomic E-state index is -0.0296. The lowest BCUT2D eigenvalue weighted by Gasteiger charge is -2.31. The molecule has 0 N–H and O–H groups in total. The highest BCUT2D eigenvalue weighted by atomic mass is 16.3. The van der Waals surface area contributed by atoms with E-state index in [0.717, 1.165) is 66.9 Å². The summed E-state index contributed by atoms with van der Waals surface area (Å²) < 4.78 is 8.78. The van der Waals surface area contributed by atoms with Crippen molar-refractivity contribution in [1.82, 2.24) is 4.57 Å². The Balaban J connectivity index is 1.06. The van der Waals surface area contributed by atoms with Gasteiger partial charge in [-0.3, -0.25) is 0 Å². The maximum absolute atomic E-state index is 6.37. The van der Waals surface area contributed by atoms with Crippen LogP contribution in [-0.2, 0) is 10.8 Å². The van der Waals surface area contributed by atoms with Gasteiger partial charge < -0.3 is 13.9 Å². The summed E-state index contributed by atoms with van der Waals surface area (Å²) in [5.74, 6) is 0. The molecule has 3 heteroatoms. The van der Waals surface area contributed by atoms with E-state index in [4.69, 9.17) is 4.42 Å². The van der Waals surface area contributed by atoms with Gasteiger partial charge in [-0.2, -0.15) is 0 Å². The summed E-state index contributed by atoms with van der Waals surface area (Å²) in [4.78, 5) is 2.50. The SMILES string of the molecule is CC(C)(C)c1cc(-c2cccc3cccc(-c4ccccc4N(c4cccc(-c5cccc6c5c5ccccc5n6-c5ccccc5)c4)c4ccccc4-c4ccc5oc6ccccc6c5c4)c23)cc(C(C)(C)C)c1. The number of anilines is 3. The van der Waals surface area contributed by atoms with Crippen LogP contribution in [0.3, 0.4) is 0 Å². The monoisotopic (exact) mass is 966 g/mol. The third kappa shape index (κ3) is 7.99. The highest BCUT2D eigenvalue weighted by Gasteiger charge is 2.26. The van der Waals surface area contributed by atoms with Crippen LogP contribution in [0.2, 0.25) is 0 Å². The standard InChI is InChI=1S/C72H58N2O/c1-71(2,3)51-42-50(43-52(46-51)72(4,5)6)57-32-19-22-47-23-20-34-60(69(47)57)58-29-11-15-36-64(58)74(63-35-14-10-28-55(63)49-40-41-68-62(45-49)59-30-13-17-39-67(59)75-68)54-27-18-24-48(44-54)56-33-21-38-66-70(56)61-31-12-16-37-65(61)73(66)53-25-8-7-9-26-53/h7-46H,1-6H3. The van der Waals surface area contributed by atoms with E-state index in [1.54, 1.807) is 0 Å². The van der Waals surface area contributed by atoms with Crippen molar-refractivity contribution in [2.75, 3.05) is 4.90 Å². The molecule has 11 aromatic carbocycles. The summed E-state index contributed by atoms with van der Waals surface area (Å²) in [6.07, 6.45) is 0. The van der Waals surface area contributed by atoms with E-state index in [9.17, 15) is 0 Å². The van der Waals surface area contributed by atoms with Crippen LogP contribution < -0.4 is 4.90 Å².